The molecule has 12 nitrogen and oxygen atoms in total. The van der Waals surface area contributed by atoms with Gasteiger partial charge in [-0.3, -0.25) is 29.0 Å². The number of methoxy groups -OCH3 is 1. The summed E-state index contributed by atoms with van der Waals surface area (Å²) in [4.78, 5) is 55.2. The Morgan fingerprint density at radius 3 is 2.30 bits per heavy atom. The first-order valence-electron chi connectivity index (χ1n) is 15.7. The number of carbonyl (C=O) groups excluding carboxylic acids is 4. The van der Waals surface area contributed by atoms with Crippen molar-refractivity contribution in [2.45, 2.75) is 43.9 Å². The Balaban J connectivity index is 1.34. The molecule has 1 saturated heterocycles. The molecule has 6 rings (SSSR count). The maximum atomic E-state index is 14.1. The second kappa shape index (κ2) is 11.9. The highest BCUT2D eigenvalue weighted by Gasteiger charge is 2.64. The van der Waals surface area contributed by atoms with Gasteiger partial charge in [-0.1, -0.05) is 30.3 Å². The molecule has 2 aromatic carbocycles. The lowest BCUT2D eigenvalue weighted by Crippen LogP contribution is -2.65. The molecule has 2 fully saturated rings. The summed E-state index contributed by atoms with van der Waals surface area (Å²) >= 11 is 0. The van der Waals surface area contributed by atoms with Crippen LogP contribution in [0.1, 0.15) is 36.0 Å². The number of likely N-dealkylation sites (tertiary alicyclic amines) is 1. The quantitative estimate of drug-likeness (QED) is 0.228. The maximum absolute atomic E-state index is 14.1. The van der Waals surface area contributed by atoms with Gasteiger partial charge in [0.15, 0.2) is 11.4 Å². The summed E-state index contributed by atoms with van der Waals surface area (Å²) in [6.07, 6.45) is 1.72. The highest BCUT2D eigenvalue weighted by atomic mass is 16.5. The minimum atomic E-state index is -2.68. The molecule has 12 heteroatoms. The summed E-state index contributed by atoms with van der Waals surface area (Å²) in [7, 11) is 4.55. The van der Waals surface area contributed by atoms with Crippen LogP contribution in [0.25, 0.3) is 16.9 Å². The molecule has 1 aliphatic heterocycles. The Bertz CT molecular complexity index is 1740. The van der Waals surface area contributed by atoms with Gasteiger partial charge in [-0.05, 0) is 87.1 Å². The third kappa shape index (κ3) is 5.11. The van der Waals surface area contributed by atoms with Crippen molar-refractivity contribution < 1.29 is 44.3 Å². The van der Waals surface area contributed by atoms with E-state index in [9.17, 15) is 39.6 Å². The second-order valence-corrected chi connectivity index (χ2v) is 13.2. The lowest BCUT2D eigenvalue weighted by atomic mass is 9.57. The summed E-state index contributed by atoms with van der Waals surface area (Å²) in [5.74, 6) is -7.03. The number of phenols is 1. The van der Waals surface area contributed by atoms with Crippen molar-refractivity contribution >= 4 is 29.2 Å². The number of ether oxygens (including phenoxy) is 1. The number of rotatable bonds is 6. The van der Waals surface area contributed by atoms with Gasteiger partial charge >= 0.3 is 5.97 Å². The fraction of sp³-hybridized carbons (Fsp3) is 0.429. The molecular formula is C35H39N3O9. The van der Waals surface area contributed by atoms with Gasteiger partial charge in [0.1, 0.15) is 22.8 Å². The zero-order chi connectivity index (χ0) is 33.9. The van der Waals surface area contributed by atoms with Crippen LogP contribution < -0.4 is 5.73 Å². The molecular weight excluding hydrogens is 606 g/mol. The fourth-order valence-corrected chi connectivity index (χ4v) is 8.06. The minimum Gasteiger partial charge on any atom is -0.508 e. The summed E-state index contributed by atoms with van der Waals surface area (Å²) < 4.78 is 4.89. The Kier molecular flexibility index (Phi) is 8.23. The largest absolute Gasteiger partial charge is 0.508 e. The molecule has 6 N–H and O–H groups in total. The summed E-state index contributed by atoms with van der Waals surface area (Å²) in [6.45, 7) is 2.29. The van der Waals surface area contributed by atoms with Crippen molar-refractivity contribution in [1.82, 2.24) is 9.80 Å². The van der Waals surface area contributed by atoms with Crippen LogP contribution in [-0.2, 0) is 36.9 Å². The predicted octanol–water partition coefficient (Wildman–Crippen LogP) is 2.02. The third-order valence-corrected chi connectivity index (χ3v) is 10.4. The molecule has 0 spiro atoms. The van der Waals surface area contributed by atoms with E-state index in [-0.39, 0.29) is 41.6 Å². The molecule has 1 amide bonds. The number of benzene rings is 2. The molecule has 4 atom stereocenters. The maximum Gasteiger partial charge on any atom is 0.308 e. The van der Waals surface area contributed by atoms with E-state index in [1.165, 1.54) is 18.1 Å². The third-order valence-electron chi connectivity index (χ3n) is 10.4. The second-order valence-electron chi connectivity index (χ2n) is 13.2. The molecule has 0 bridgehead atoms. The zero-order valence-electron chi connectivity index (χ0n) is 26.5. The van der Waals surface area contributed by atoms with E-state index < -0.39 is 58.0 Å². The van der Waals surface area contributed by atoms with E-state index in [0.29, 0.717) is 12.1 Å². The van der Waals surface area contributed by atoms with Crippen molar-refractivity contribution in [1.29, 1.82) is 0 Å². The number of hydrogen-bond acceptors (Lipinski definition) is 11. The molecule has 1 heterocycles. The Morgan fingerprint density at radius 1 is 1.04 bits per heavy atom. The van der Waals surface area contributed by atoms with Crippen molar-refractivity contribution in [3.8, 4) is 16.9 Å². The van der Waals surface area contributed by atoms with Crippen LogP contribution in [0.5, 0.6) is 5.75 Å². The van der Waals surface area contributed by atoms with Crippen LogP contribution in [0.15, 0.2) is 53.3 Å². The summed E-state index contributed by atoms with van der Waals surface area (Å²) in [5.41, 5.74) is 5.00. The van der Waals surface area contributed by atoms with Crippen LogP contribution in [-0.4, -0.2) is 99.6 Å². The van der Waals surface area contributed by atoms with Gasteiger partial charge in [-0.25, -0.2) is 0 Å². The number of likely N-dealkylation sites (N-methyl/N-ethyl adjacent to an activating group) is 1. The smallest absolute Gasteiger partial charge is 0.308 e. The number of piperidine rings is 1. The van der Waals surface area contributed by atoms with E-state index in [0.717, 1.165) is 42.6 Å². The van der Waals surface area contributed by atoms with Crippen molar-refractivity contribution in [2.75, 3.05) is 34.3 Å². The average molecular weight is 646 g/mol. The number of aliphatic hydroxyl groups excluding tert-OH is 2. The number of aliphatic hydroxyl groups is 3. The van der Waals surface area contributed by atoms with Crippen LogP contribution in [0.2, 0.25) is 0 Å². The highest BCUT2D eigenvalue weighted by Crippen LogP contribution is 2.53. The number of nitrogens with zero attached hydrogens (tertiary/aromatic N) is 2. The Morgan fingerprint density at radius 2 is 1.70 bits per heavy atom. The van der Waals surface area contributed by atoms with Gasteiger partial charge in [-0.2, -0.15) is 0 Å². The first kappa shape index (κ1) is 32.4. The number of nitrogens with two attached hydrogens (primary N) is 1. The lowest BCUT2D eigenvalue weighted by Gasteiger charge is -2.50. The van der Waals surface area contributed by atoms with Gasteiger partial charge in [0.2, 0.25) is 5.78 Å². The number of carbonyl (C=O) groups is 4. The van der Waals surface area contributed by atoms with Gasteiger partial charge in [0.05, 0.1) is 24.6 Å². The van der Waals surface area contributed by atoms with E-state index in [1.54, 1.807) is 20.2 Å². The normalized spacial score (nSPS) is 26.6. The molecule has 1 saturated carbocycles. The molecule has 3 aliphatic carbocycles. The van der Waals surface area contributed by atoms with Crippen molar-refractivity contribution in [3.05, 3.63) is 70.0 Å². The van der Waals surface area contributed by atoms with E-state index in [4.69, 9.17) is 10.5 Å². The average Bonchev–Trinajstić information content (AvgIpc) is 3.03. The van der Waals surface area contributed by atoms with Crippen LogP contribution in [0.3, 0.4) is 0 Å². The van der Waals surface area contributed by atoms with Gasteiger partial charge < -0.3 is 30.9 Å². The van der Waals surface area contributed by atoms with Crippen LogP contribution >= 0.6 is 0 Å². The van der Waals surface area contributed by atoms with Crippen LogP contribution in [0.4, 0.5) is 0 Å². The molecule has 47 heavy (non-hydrogen) atoms. The van der Waals surface area contributed by atoms with E-state index in [1.807, 2.05) is 24.3 Å². The molecule has 2 aromatic rings. The number of primary amides is 1. The van der Waals surface area contributed by atoms with Gasteiger partial charge in [0, 0.05) is 18.0 Å². The monoisotopic (exact) mass is 645 g/mol. The Hall–Kier alpha value is -4.52. The van der Waals surface area contributed by atoms with Crippen molar-refractivity contribution in [2.24, 2.45) is 23.5 Å². The van der Waals surface area contributed by atoms with Crippen LogP contribution in [0, 0.1) is 17.8 Å². The Labute approximate surface area is 271 Å². The number of Topliss-reactive ketones (excluding diaryl/α,β-unsaturated/α-hetero) is 2. The van der Waals surface area contributed by atoms with E-state index in [2.05, 4.69) is 4.90 Å². The number of ketones is 2. The number of fused-ring (bicyclic) bond motifs is 3. The van der Waals surface area contributed by atoms with Crippen molar-refractivity contribution in [3.63, 3.8) is 0 Å². The molecule has 248 valence electrons. The topological polar surface area (TPSA) is 191 Å². The molecule has 0 radical (unpaired) electrons. The number of phenolic OH excluding ortho intramolecular Hbond substituents is 1. The first-order valence-corrected chi connectivity index (χ1v) is 15.7. The summed E-state index contributed by atoms with van der Waals surface area (Å²) in [5, 5.41) is 45.3. The highest BCUT2D eigenvalue weighted by molar-refractivity contribution is 6.24. The predicted molar refractivity (Wildman–Crippen MR) is 170 cm³/mol. The van der Waals surface area contributed by atoms with E-state index >= 15 is 0 Å². The minimum absolute atomic E-state index is 0.0203. The fourth-order valence-electron chi connectivity index (χ4n) is 8.06. The van der Waals surface area contributed by atoms with Gasteiger partial charge in [0.25, 0.3) is 5.91 Å². The molecule has 4 aliphatic rings. The first-order chi connectivity index (χ1) is 22.3. The SMILES string of the molecule is COC(=O)C1CCN(Cc2ccc(-c3ccc(O)c4c3C[C@H]3C[C@H]5[C@@H](N(C)C)C(=O)C(C(N)=O)=C(O)[C@]5(O)C(=O)C3=C4O)cc2)CC1. The summed E-state index contributed by atoms with van der Waals surface area (Å²) in [6, 6.07) is 9.97. The molecule has 0 aromatic heterocycles. The number of amides is 1. The number of hydrogen-bond donors (Lipinski definition) is 5. The molecule has 0 unspecified atom stereocenters. The lowest BCUT2D eigenvalue weighted by molar-refractivity contribution is -0.153. The number of esters is 1. The zero-order valence-corrected chi connectivity index (χ0v) is 26.5. The number of aromatic hydroxyl groups is 1. The van der Waals surface area contributed by atoms with Gasteiger partial charge in [-0.15, -0.1) is 0 Å². The standard InChI is InChI=1S/C35H39N3O9/c1-37(2)28-23-15-20-14-22-21(18-6-4-17(5-7-18)16-38-12-10-19(11-13-38)34(45)47-3)8-9-24(39)26(22)29(40)25(20)31(42)35(23,46)32(43)27(30(28)41)33(36)44/h4-9,19-20,23,28,39-40,43,46H,10-16H2,1-3H3,(H2,36,44)/t20-,23-,28+,35+/m0/s1.